The number of fused-ring (bicyclic) bond motifs is 7. The van der Waals surface area contributed by atoms with E-state index in [0.717, 1.165) is 87.5 Å². The topological polar surface area (TPSA) is 56.7 Å². The summed E-state index contributed by atoms with van der Waals surface area (Å²) >= 11 is 1.72. The molecule has 5 aromatic heterocycles. The first-order chi connectivity index (χ1) is 29.9. The Labute approximate surface area is 386 Å². The van der Waals surface area contributed by atoms with Gasteiger partial charge in [0.1, 0.15) is 10.4 Å². The van der Waals surface area contributed by atoms with E-state index in [1.54, 1.807) is 11.3 Å². The predicted molar refractivity (Wildman–Crippen MR) is 264 cm³/mol. The second-order valence-electron chi connectivity index (χ2n) is 18.0. The summed E-state index contributed by atoms with van der Waals surface area (Å²) in [6.45, 7) is 16.0. The molecule has 0 bridgehead atoms. The van der Waals surface area contributed by atoms with Gasteiger partial charge in [-0.25, -0.2) is 4.98 Å². The molecular weight excluding hydrogens is 985 g/mol. The molecule has 0 unspecified atom stereocenters. The van der Waals surface area contributed by atoms with Crippen molar-refractivity contribution < 1.29 is 24.5 Å². The first-order valence-electron chi connectivity index (χ1n) is 21.1. The fourth-order valence-electron chi connectivity index (χ4n) is 8.43. The third-order valence-electron chi connectivity index (χ3n) is 11.6. The molecule has 0 aliphatic carbocycles. The van der Waals surface area contributed by atoms with Crippen LogP contribution in [0.4, 0.5) is 0 Å². The maximum absolute atomic E-state index is 5.88. The molecular formula is C55H46IrN4OSSi-2. The molecule has 5 heterocycles. The number of benzene rings is 6. The molecule has 0 fully saturated rings. The smallest absolute Gasteiger partial charge is 0.120 e. The largest absolute Gasteiger partial charge is 0.500 e. The van der Waals surface area contributed by atoms with Crippen LogP contribution in [0.15, 0.2) is 156 Å². The van der Waals surface area contributed by atoms with E-state index >= 15 is 0 Å². The molecule has 11 aromatic rings. The van der Waals surface area contributed by atoms with Crippen LogP contribution < -0.4 is 5.19 Å². The van der Waals surface area contributed by atoms with Crippen molar-refractivity contribution in [2.75, 3.05) is 0 Å². The van der Waals surface area contributed by atoms with E-state index in [1.807, 2.05) is 42.5 Å². The van der Waals surface area contributed by atoms with Crippen LogP contribution >= 0.6 is 11.3 Å². The SMILES string of the molecule is CC(C)(C)c1ccc(-n2c(-c3[c-]ccc4c3sc3nc(-c5ccccc5)ccc34)nc3ccccc32)cc1.Cc1cc(-c2[c-]cc3oc4ccccc4c3c2)ncc1[Si](C)(C)C.[Ir]. The number of thiophene rings is 1. The minimum Gasteiger partial charge on any atom is -0.500 e. The monoisotopic (exact) mass is 1030 g/mol. The fourth-order valence-corrected chi connectivity index (χ4v) is 11.3. The Morgan fingerprint density at radius 1 is 0.683 bits per heavy atom. The standard InChI is InChI=1S/C34H26N3S.C21H20NOSi.Ir/c1-34(2,3)23-16-18-24(19-17-23)37-30-15-8-7-14-29(30)35-32(37)27-13-9-12-25-26-20-21-28(22-10-5-4-6-11-22)36-33(26)38-31(25)27;1-14-11-18(22-13-21(14)24(2,3)4)15-9-10-20-17(12-15)16-7-5-6-8-19(16)23-20;/h4-12,14-21H,1-3H3;5-8,10-13H,1-4H3;/q2*-1;. The van der Waals surface area contributed by atoms with Crippen LogP contribution in [0, 0.1) is 19.1 Å². The van der Waals surface area contributed by atoms with Crippen molar-refractivity contribution in [3.05, 3.63) is 175 Å². The fraction of sp³-hybridized carbons (Fsp3) is 0.145. The summed E-state index contributed by atoms with van der Waals surface area (Å²) in [6.07, 6.45) is 2.06. The van der Waals surface area contributed by atoms with Crippen LogP contribution in [0.2, 0.25) is 19.6 Å². The van der Waals surface area contributed by atoms with Gasteiger partial charge in [-0.05, 0) is 75.3 Å². The normalized spacial score (nSPS) is 11.9. The third-order valence-corrected chi connectivity index (χ3v) is 14.9. The molecule has 0 saturated carbocycles. The van der Waals surface area contributed by atoms with Crippen LogP contribution in [-0.4, -0.2) is 27.6 Å². The molecule has 0 aliphatic rings. The molecule has 0 N–H and O–H groups in total. The zero-order chi connectivity index (χ0) is 42.8. The van der Waals surface area contributed by atoms with E-state index in [0.29, 0.717) is 0 Å². The van der Waals surface area contributed by atoms with Crippen molar-refractivity contribution in [3.8, 4) is 39.6 Å². The first kappa shape index (κ1) is 42.3. The van der Waals surface area contributed by atoms with Gasteiger partial charge in [0.25, 0.3) is 0 Å². The van der Waals surface area contributed by atoms with Gasteiger partial charge in [-0.3, -0.25) is 4.98 Å². The van der Waals surface area contributed by atoms with Gasteiger partial charge >= 0.3 is 0 Å². The molecule has 0 saturated heterocycles. The molecule has 63 heavy (non-hydrogen) atoms. The number of furan rings is 1. The summed E-state index contributed by atoms with van der Waals surface area (Å²) in [6, 6.07) is 57.3. The van der Waals surface area contributed by atoms with Gasteiger partial charge in [0.15, 0.2) is 0 Å². The summed E-state index contributed by atoms with van der Waals surface area (Å²) in [5, 5.41) is 6.03. The van der Waals surface area contributed by atoms with E-state index < -0.39 is 8.07 Å². The number of hydrogen-bond donors (Lipinski definition) is 0. The molecule has 313 valence electrons. The number of pyridine rings is 2. The van der Waals surface area contributed by atoms with Crippen LogP contribution in [0.1, 0.15) is 31.9 Å². The number of aryl methyl sites for hydroxylation is 1. The molecule has 0 amide bonds. The zero-order valence-electron chi connectivity index (χ0n) is 36.4. The minimum atomic E-state index is -1.36. The third kappa shape index (κ3) is 7.98. The zero-order valence-corrected chi connectivity index (χ0v) is 40.6. The quantitative estimate of drug-likeness (QED) is 0.127. The summed E-state index contributed by atoms with van der Waals surface area (Å²) in [4.78, 5) is 15.9. The Hall–Kier alpha value is -6.02. The minimum absolute atomic E-state index is 0. The Morgan fingerprint density at radius 2 is 1.43 bits per heavy atom. The maximum atomic E-state index is 5.88. The Morgan fingerprint density at radius 3 is 2.19 bits per heavy atom. The first-order valence-corrected chi connectivity index (χ1v) is 25.4. The number of nitrogens with zero attached hydrogens (tertiary/aromatic N) is 4. The predicted octanol–water partition coefficient (Wildman–Crippen LogP) is 14.5. The van der Waals surface area contributed by atoms with Gasteiger partial charge in [-0.2, -0.15) is 11.3 Å². The maximum Gasteiger partial charge on any atom is 0.120 e. The van der Waals surface area contributed by atoms with Gasteiger partial charge < -0.3 is 14.0 Å². The average molecular weight is 1030 g/mol. The van der Waals surface area contributed by atoms with Gasteiger partial charge in [-0.15, -0.1) is 42.0 Å². The van der Waals surface area contributed by atoms with Crippen molar-refractivity contribution in [1.82, 2.24) is 19.5 Å². The molecule has 0 atom stereocenters. The summed E-state index contributed by atoms with van der Waals surface area (Å²) < 4.78 is 9.30. The van der Waals surface area contributed by atoms with E-state index in [9.17, 15) is 0 Å². The van der Waals surface area contributed by atoms with Crippen LogP contribution in [-0.2, 0) is 25.5 Å². The number of hydrogen-bond acceptors (Lipinski definition) is 5. The Balaban J connectivity index is 0.000000174. The molecule has 1 radical (unpaired) electrons. The van der Waals surface area contributed by atoms with E-state index in [2.05, 4.69) is 173 Å². The molecule has 0 spiro atoms. The van der Waals surface area contributed by atoms with E-state index in [1.165, 1.54) is 21.7 Å². The second-order valence-corrected chi connectivity index (χ2v) is 24.1. The molecule has 8 heteroatoms. The van der Waals surface area contributed by atoms with Crippen LogP contribution in [0.5, 0.6) is 0 Å². The van der Waals surface area contributed by atoms with E-state index in [-0.39, 0.29) is 25.5 Å². The van der Waals surface area contributed by atoms with Gasteiger partial charge in [-0.1, -0.05) is 147 Å². The van der Waals surface area contributed by atoms with Crippen molar-refractivity contribution in [2.24, 2.45) is 0 Å². The number of rotatable bonds is 5. The summed E-state index contributed by atoms with van der Waals surface area (Å²) in [7, 11) is -1.36. The molecule has 0 aliphatic heterocycles. The van der Waals surface area contributed by atoms with Crippen molar-refractivity contribution in [3.63, 3.8) is 0 Å². The summed E-state index contributed by atoms with van der Waals surface area (Å²) in [5.74, 6) is 0.898. The number of imidazole rings is 1. The van der Waals surface area contributed by atoms with Crippen molar-refractivity contribution in [2.45, 2.75) is 52.8 Å². The number of aromatic nitrogens is 4. The van der Waals surface area contributed by atoms with Gasteiger partial charge in [0.05, 0.1) is 36.2 Å². The molecule has 11 rings (SSSR count). The van der Waals surface area contributed by atoms with Gasteiger partial charge in [0, 0.05) is 42.9 Å². The van der Waals surface area contributed by atoms with Gasteiger partial charge in [0.2, 0.25) is 0 Å². The summed E-state index contributed by atoms with van der Waals surface area (Å²) in [5.41, 5.74) is 12.8. The average Bonchev–Trinajstić information content (AvgIpc) is 3.97. The second kappa shape index (κ2) is 16.6. The molecule has 6 aromatic carbocycles. The van der Waals surface area contributed by atoms with Crippen LogP contribution in [0.3, 0.4) is 0 Å². The Bertz CT molecular complexity index is 3450. The van der Waals surface area contributed by atoms with Crippen molar-refractivity contribution in [1.29, 1.82) is 0 Å². The van der Waals surface area contributed by atoms with E-state index in [4.69, 9.17) is 19.4 Å². The van der Waals surface area contributed by atoms with Crippen LogP contribution in [0.25, 0.3) is 92.9 Å². The van der Waals surface area contributed by atoms with Crippen molar-refractivity contribution >= 4 is 77.9 Å². The number of para-hydroxylation sites is 3. The Kier molecular flexibility index (Phi) is 11.1. The molecule has 5 nitrogen and oxygen atoms in total.